The molecule has 5 rings (SSSR count). The number of aliphatic hydroxyl groups excluding tert-OH is 1. The van der Waals surface area contributed by atoms with Crippen LogP contribution in [-0.2, 0) is 20.9 Å². The van der Waals surface area contributed by atoms with Gasteiger partial charge in [-0.15, -0.1) is 0 Å². The molecule has 3 unspecified atom stereocenters. The molecule has 10 heteroatoms. The summed E-state index contributed by atoms with van der Waals surface area (Å²) in [4.78, 5) is 26.8. The topological polar surface area (TPSA) is 117 Å². The second-order valence-electron chi connectivity index (χ2n) is 10.2. The molecule has 0 radical (unpaired) electrons. The Bertz CT molecular complexity index is 1310. The van der Waals surface area contributed by atoms with E-state index >= 15 is 0 Å². The van der Waals surface area contributed by atoms with Gasteiger partial charge in [0.2, 0.25) is 5.91 Å². The van der Waals surface area contributed by atoms with Crippen molar-refractivity contribution < 1.29 is 24.3 Å². The second-order valence-corrected chi connectivity index (χ2v) is 10.2. The van der Waals surface area contributed by atoms with Gasteiger partial charge in [0.1, 0.15) is 0 Å². The van der Waals surface area contributed by atoms with E-state index in [1.165, 1.54) is 6.92 Å². The minimum Gasteiger partial charge on any atom is -0.392 e. The highest BCUT2D eigenvalue weighted by Crippen LogP contribution is 2.38. The van der Waals surface area contributed by atoms with Crippen molar-refractivity contribution >= 4 is 23.0 Å². The number of nitro groups is 1. The van der Waals surface area contributed by atoms with E-state index in [1.807, 2.05) is 60.7 Å². The fraction of sp³-hybridized carbons (Fsp3) is 0.367. The lowest BCUT2D eigenvalue weighted by atomic mass is 9.99. The van der Waals surface area contributed by atoms with Crippen molar-refractivity contribution in [3.8, 4) is 0 Å². The van der Waals surface area contributed by atoms with E-state index in [-0.39, 0.29) is 35.3 Å². The predicted molar refractivity (Wildman–Crippen MR) is 151 cm³/mol. The third-order valence-electron chi connectivity index (χ3n) is 7.35. The molecule has 2 aliphatic rings. The van der Waals surface area contributed by atoms with Gasteiger partial charge in [0.25, 0.3) is 5.69 Å². The Hall–Kier alpha value is -3.83. The zero-order valence-corrected chi connectivity index (χ0v) is 22.4. The van der Waals surface area contributed by atoms with E-state index in [9.17, 15) is 20.0 Å². The summed E-state index contributed by atoms with van der Waals surface area (Å²) >= 11 is 0. The highest BCUT2D eigenvalue weighted by molar-refractivity contribution is 5.88. The van der Waals surface area contributed by atoms with Gasteiger partial charge in [0.15, 0.2) is 6.29 Å². The number of nitrogens with one attached hydrogen (secondary N) is 1. The molecule has 0 bridgehead atoms. The Morgan fingerprint density at radius 3 is 2.38 bits per heavy atom. The lowest BCUT2D eigenvalue weighted by Gasteiger charge is -2.41. The SMILES string of the molecule is CC(=O)Nc1cccc(C2OC(CN3CCN(c4ccc([N+](=O)[O-])cc4)CC3)CC(c3ccc(CO)cc3)O2)c1. The number of ether oxygens (including phenoxy) is 2. The number of hydrogen-bond acceptors (Lipinski definition) is 8. The molecule has 210 valence electrons. The summed E-state index contributed by atoms with van der Waals surface area (Å²) in [6.45, 7) is 5.52. The summed E-state index contributed by atoms with van der Waals surface area (Å²) in [6, 6.07) is 22.0. The maximum Gasteiger partial charge on any atom is 0.269 e. The van der Waals surface area contributed by atoms with Crippen LogP contribution in [0.2, 0.25) is 0 Å². The molecule has 2 aliphatic heterocycles. The number of carbonyl (C=O) groups excluding carboxylic acids is 1. The van der Waals surface area contributed by atoms with Crippen LogP contribution in [0, 0.1) is 10.1 Å². The first-order chi connectivity index (χ1) is 19.4. The van der Waals surface area contributed by atoms with Gasteiger partial charge in [-0.05, 0) is 35.4 Å². The standard InChI is InChI=1S/C30H34N4O6/c1-21(36)31-25-4-2-3-24(17-25)30-39-28(18-29(40-30)23-7-5-22(20-35)6-8-23)19-32-13-15-33(16-14-32)26-9-11-27(12-10-26)34(37)38/h2-12,17,28-30,35H,13-16,18-20H2,1H3,(H,31,36). The molecule has 3 aromatic rings. The summed E-state index contributed by atoms with van der Waals surface area (Å²) in [5.74, 6) is -0.143. The molecule has 2 N–H and O–H groups in total. The third kappa shape index (κ3) is 6.83. The Balaban J connectivity index is 1.27. The monoisotopic (exact) mass is 546 g/mol. The molecule has 40 heavy (non-hydrogen) atoms. The summed E-state index contributed by atoms with van der Waals surface area (Å²) in [5.41, 5.74) is 4.46. The lowest BCUT2D eigenvalue weighted by molar-refractivity contribution is -0.384. The van der Waals surface area contributed by atoms with E-state index in [2.05, 4.69) is 15.1 Å². The Morgan fingerprint density at radius 2 is 1.73 bits per heavy atom. The second kappa shape index (κ2) is 12.6. The Kier molecular flexibility index (Phi) is 8.71. The number of anilines is 2. The van der Waals surface area contributed by atoms with E-state index in [0.29, 0.717) is 12.1 Å². The molecule has 2 saturated heterocycles. The zero-order valence-electron chi connectivity index (χ0n) is 22.4. The fourth-order valence-electron chi connectivity index (χ4n) is 5.26. The number of nitro benzene ring substituents is 1. The van der Waals surface area contributed by atoms with Crippen molar-refractivity contribution in [2.75, 3.05) is 42.9 Å². The number of carbonyl (C=O) groups is 1. The van der Waals surface area contributed by atoms with Crippen LogP contribution in [0.4, 0.5) is 17.1 Å². The molecule has 0 spiro atoms. The van der Waals surface area contributed by atoms with Gasteiger partial charge >= 0.3 is 0 Å². The van der Waals surface area contributed by atoms with Crippen molar-refractivity contribution in [1.29, 1.82) is 0 Å². The average Bonchev–Trinajstić information content (AvgIpc) is 2.97. The number of benzene rings is 3. The molecule has 0 saturated carbocycles. The average molecular weight is 547 g/mol. The van der Waals surface area contributed by atoms with E-state index in [0.717, 1.165) is 55.1 Å². The number of rotatable bonds is 8. The summed E-state index contributed by atoms with van der Waals surface area (Å²) in [6.07, 6.45) is -0.196. The summed E-state index contributed by atoms with van der Waals surface area (Å²) in [7, 11) is 0. The van der Waals surface area contributed by atoms with E-state index < -0.39 is 6.29 Å². The number of piperazine rings is 1. The molecule has 3 atom stereocenters. The van der Waals surface area contributed by atoms with Crippen molar-refractivity contribution in [3.05, 3.63) is 99.6 Å². The maximum absolute atomic E-state index is 11.6. The molecular formula is C30H34N4O6. The minimum absolute atomic E-state index is 0.0119. The first-order valence-electron chi connectivity index (χ1n) is 13.5. The number of nitrogens with zero attached hydrogens (tertiary/aromatic N) is 3. The molecule has 2 fully saturated rings. The molecule has 2 heterocycles. The molecular weight excluding hydrogens is 512 g/mol. The highest BCUT2D eigenvalue weighted by atomic mass is 16.7. The fourth-order valence-corrected chi connectivity index (χ4v) is 5.26. The van der Waals surface area contributed by atoms with Gasteiger partial charge in [-0.2, -0.15) is 0 Å². The Morgan fingerprint density at radius 1 is 1.00 bits per heavy atom. The summed E-state index contributed by atoms with van der Waals surface area (Å²) < 4.78 is 12.9. The number of non-ortho nitro benzene ring substituents is 1. The molecule has 0 aliphatic carbocycles. The quantitative estimate of drug-likeness (QED) is 0.315. The van der Waals surface area contributed by atoms with Gasteiger partial charge < -0.3 is 24.8 Å². The molecule has 1 amide bonds. The van der Waals surface area contributed by atoms with Crippen LogP contribution in [-0.4, -0.2) is 59.7 Å². The van der Waals surface area contributed by atoms with E-state index in [1.54, 1.807) is 12.1 Å². The first-order valence-corrected chi connectivity index (χ1v) is 13.5. The van der Waals surface area contributed by atoms with Crippen LogP contribution >= 0.6 is 0 Å². The van der Waals surface area contributed by atoms with Crippen molar-refractivity contribution in [2.24, 2.45) is 0 Å². The van der Waals surface area contributed by atoms with Crippen LogP contribution in [0.25, 0.3) is 0 Å². The largest absolute Gasteiger partial charge is 0.392 e. The van der Waals surface area contributed by atoms with Crippen LogP contribution in [0.5, 0.6) is 0 Å². The van der Waals surface area contributed by atoms with Crippen LogP contribution < -0.4 is 10.2 Å². The number of hydrogen-bond donors (Lipinski definition) is 2. The van der Waals surface area contributed by atoms with Gasteiger partial charge in [0, 0.05) is 75.1 Å². The first kappa shape index (κ1) is 27.7. The molecule has 10 nitrogen and oxygen atoms in total. The van der Waals surface area contributed by atoms with Gasteiger partial charge in [-0.1, -0.05) is 36.4 Å². The van der Waals surface area contributed by atoms with Crippen LogP contribution in [0.15, 0.2) is 72.8 Å². The van der Waals surface area contributed by atoms with Gasteiger partial charge in [-0.25, -0.2) is 0 Å². The van der Waals surface area contributed by atoms with Gasteiger partial charge in [-0.3, -0.25) is 19.8 Å². The smallest absolute Gasteiger partial charge is 0.269 e. The van der Waals surface area contributed by atoms with Crippen molar-refractivity contribution in [1.82, 2.24) is 4.90 Å². The normalized spacial score (nSPS) is 21.6. The minimum atomic E-state index is -0.601. The van der Waals surface area contributed by atoms with Crippen LogP contribution in [0.3, 0.4) is 0 Å². The zero-order chi connectivity index (χ0) is 28.1. The highest BCUT2D eigenvalue weighted by Gasteiger charge is 2.34. The number of amides is 1. The number of aliphatic hydroxyl groups is 1. The lowest BCUT2D eigenvalue weighted by Crippen LogP contribution is -2.49. The molecule has 3 aromatic carbocycles. The predicted octanol–water partition coefficient (Wildman–Crippen LogP) is 4.41. The van der Waals surface area contributed by atoms with Crippen molar-refractivity contribution in [3.63, 3.8) is 0 Å². The van der Waals surface area contributed by atoms with Crippen molar-refractivity contribution in [2.45, 2.75) is 38.4 Å². The maximum atomic E-state index is 11.6. The Labute approximate surface area is 233 Å². The summed E-state index contributed by atoms with van der Waals surface area (Å²) in [5, 5.41) is 23.2. The van der Waals surface area contributed by atoms with E-state index in [4.69, 9.17) is 9.47 Å². The van der Waals surface area contributed by atoms with Crippen LogP contribution in [0.1, 0.15) is 42.4 Å². The molecule has 0 aromatic heterocycles. The third-order valence-corrected chi connectivity index (χ3v) is 7.35. The van der Waals surface area contributed by atoms with Gasteiger partial charge in [0.05, 0.1) is 23.7 Å².